The van der Waals surface area contributed by atoms with E-state index >= 15 is 0 Å². The summed E-state index contributed by atoms with van der Waals surface area (Å²) in [4.78, 5) is 4.64. The normalized spacial score (nSPS) is 10.9. The fraction of sp³-hybridized carbons (Fsp3) is 0.0357. The van der Waals surface area contributed by atoms with Crippen molar-refractivity contribution in [1.29, 1.82) is 0 Å². The summed E-state index contributed by atoms with van der Waals surface area (Å²) in [6, 6.07) is 27.3. The Bertz CT molecular complexity index is 1380. The van der Waals surface area contributed by atoms with Crippen LogP contribution in [0, 0.1) is 5.82 Å². The monoisotopic (exact) mass is 419 g/mol. The maximum Gasteiger partial charge on any atom is 0.137 e. The largest absolute Gasteiger partial charge is 0.381 e. The minimum atomic E-state index is -0.222. The Balaban J connectivity index is 1.40. The lowest BCUT2D eigenvalue weighted by Gasteiger charge is -2.09. The van der Waals surface area contributed by atoms with Crippen LogP contribution in [0.4, 0.5) is 10.1 Å². The molecular formula is C28H22FN3. The summed E-state index contributed by atoms with van der Waals surface area (Å²) in [6.45, 7) is 4.44. The quantitative estimate of drug-likeness (QED) is 0.319. The number of hydrogen-bond acceptors (Lipinski definition) is 2. The van der Waals surface area contributed by atoms with Gasteiger partial charge in [0.25, 0.3) is 0 Å². The van der Waals surface area contributed by atoms with Crippen LogP contribution in [0.5, 0.6) is 0 Å². The molecule has 0 atom stereocenters. The summed E-state index contributed by atoms with van der Waals surface area (Å²) in [6.07, 6.45) is 5.81. The first kappa shape index (κ1) is 19.8. The van der Waals surface area contributed by atoms with Crippen LogP contribution in [0.1, 0.15) is 11.1 Å². The number of hydrogen-bond donors (Lipinski definition) is 1. The van der Waals surface area contributed by atoms with Gasteiger partial charge in [-0.3, -0.25) is 4.40 Å². The van der Waals surface area contributed by atoms with Crippen LogP contribution >= 0.6 is 0 Å². The summed E-state index contributed by atoms with van der Waals surface area (Å²) in [5.74, 6) is -0.222. The smallest absolute Gasteiger partial charge is 0.137 e. The molecule has 0 saturated heterocycles. The van der Waals surface area contributed by atoms with E-state index in [0.717, 1.165) is 44.8 Å². The molecule has 0 spiro atoms. The lowest BCUT2D eigenvalue weighted by atomic mass is 10.0. The molecule has 156 valence electrons. The molecule has 0 aliphatic heterocycles. The molecule has 0 aliphatic rings. The average Bonchev–Trinajstić information content (AvgIpc) is 3.27. The van der Waals surface area contributed by atoms with Gasteiger partial charge in [-0.15, -0.1) is 0 Å². The molecule has 1 N–H and O–H groups in total. The molecule has 0 bridgehead atoms. The van der Waals surface area contributed by atoms with Gasteiger partial charge in [-0.1, -0.05) is 61.2 Å². The molecule has 0 amide bonds. The molecule has 2 heterocycles. The SMILES string of the molecule is C=Cc1ccc(-c2ccn3c(-c4cccc(NCc5ccc(F)cc5)c4)cnc3c2)cc1. The summed E-state index contributed by atoms with van der Waals surface area (Å²) in [5.41, 5.74) is 8.40. The van der Waals surface area contributed by atoms with E-state index in [1.807, 2.05) is 24.4 Å². The molecule has 5 rings (SSSR count). The van der Waals surface area contributed by atoms with Crippen molar-refractivity contribution < 1.29 is 4.39 Å². The standard InChI is InChI=1S/C28H22FN3/c1-2-20-6-10-22(11-7-20)23-14-15-32-27(19-31-28(32)17-23)24-4-3-5-26(16-24)30-18-21-8-12-25(29)13-9-21/h2-17,19,30H,1,18H2. The first-order chi connectivity index (χ1) is 15.7. The summed E-state index contributed by atoms with van der Waals surface area (Å²) in [5, 5.41) is 3.41. The van der Waals surface area contributed by atoms with Crippen molar-refractivity contribution in [3.63, 3.8) is 0 Å². The lowest BCUT2D eigenvalue weighted by molar-refractivity contribution is 0.627. The van der Waals surface area contributed by atoms with Gasteiger partial charge in [-0.2, -0.15) is 0 Å². The zero-order valence-corrected chi connectivity index (χ0v) is 17.5. The minimum Gasteiger partial charge on any atom is -0.381 e. The molecule has 0 saturated carbocycles. The van der Waals surface area contributed by atoms with Gasteiger partial charge in [-0.25, -0.2) is 9.37 Å². The van der Waals surface area contributed by atoms with E-state index in [9.17, 15) is 4.39 Å². The van der Waals surface area contributed by atoms with Crippen molar-refractivity contribution in [3.8, 4) is 22.4 Å². The van der Waals surface area contributed by atoms with Crippen molar-refractivity contribution >= 4 is 17.4 Å². The number of aromatic nitrogens is 2. The van der Waals surface area contributed by atoms with Crippen LogP contribution in [0.25, 0.3) is 34.1 Å². The molecule has 0 fully saturated rings. The zero-order chi connectivity index (χ0) is 21.9. The summed E-state index contributed by atoms with van der Waals surface area (Å²) >= 11 is 0. The van der Waals surface area contributed by atoms with Gasteiger partial charge >= 0.3 is 0 Å². The number of nitrogens with one attached hydrogen (secondary N) is 1. The highest BCUT2D eigenvalue weighted by molar-refractivity contribution is 5.72. The van der Waals surface area contributed by atoms with Gasteiger partial charge < -0.3 is 5.32 Å². The number of halogens is 1. The first-order valence-corrected chi connectivity index (χ1v) is 10.5. The Labute approximate surface area is 186 Å². The van der Waals surface area contributed by atoms with Crippen molar-refractivity contribution in [2.24, 2.45) is 0 Å². The van der Waals surface area contributed by atoms with Gasteiger partial charge in [0.2, 0.25) is 0 Å². The van der Waals surface area contributed by atoms with E-state index in [1.165, 1.54) is 12.1 Å². The lowest BCUT2D eigenvalue weighted by Crippen LogP contribution is -1.99. The Morgan fingerprint density at radius 1 is 0.875 bits per heavy atom. The molecule has 32 heavy (non-hydrogen) atoms. The van der Waals surface area contributed by atoms with Crippen LogP contribution in [0.3, 0.4) is 0 Å². The molecule has 3 aromatic carbocycles. The van der Waals surface area contributed by atoms with E-state index < -0.39 is 0 Å². The number of imidazole rings is 1. The van der Waals surface area contributed by atoms with E-state index in [4.69, 9.17) is 0 Å². The van der Waals surface area contributed by atoms with Gasteiger partial charge in [0.15, 0.2) is 0 Å². The number of benzene rings is 3. The number of nitrogens with zero attached hydrogens (tertiary/aromatic N) is 2. The summed E-state index contributed by atoms with van der Waals surface area (Å²) in [7, 11) is 0. The Kier molecular flexibility index (Phi) is 5.26. The number of rotatable bonds is 6. The van der Waals surface area contributed by atoms with Crippen molar-refractivity contribution in [2.75, 3.05) is 5.32 Å². The molecule has 2 aromatic heterocycles. The van der Waals surface area contributed by atoms with Crippen LogP contribution in [0.2, 0.25) is 0 Å². The highest BCUT2D eigenvalue weighted by Gasteiger charge is 2.08. The molecule has 4 heteroatoms. The van der Waals surface area contributed by atoms with E-state index in [2.05, 4.69) is 76.0 Å². The maximum absolute atomic E-state index is 13.1. The average molecular weight is 420 g/mol. The molecule has 0 radical (unpaired) electrons. The van der Waals surface area contributed by atoms with Crippen LogP contribution in [0.15, 0.2) is 104 Å². The second-order valence-corrected chi connectivity index (χ2v) is 7.67. The van der Waals surface area contributed by atoms with Crippen molar-refractivity contribution in [1.82, 2.24) is 9.38 Å². The highest BCUT2D eigenvalue weighted by atomic mass is 19.1. The van der Waals surface area contributed by atoms with Gasteiger partial charge in [0.1, 0.15) is 11.5 Å². The fourth-order valence-corrected chi connectivity index (χ4v) is 3.78. The molecule has 0 aliphatic carbocycles. The van der Waals surface area contributed by atoms with Crippen molar-refractivity contribution in [2.45, 2.75) is 6.54 Å². The molecule has 5 aromatic rings. The van der Waals surface area contributed by atoms with E-state index in [-0.39, 0.29) is 5.82 Å². The number of fused-ring (bicyclic) bond motifs is 1. The second-order valence-electron chi connectivity index (χ2n) is 7.67. The third-order valence-corrected chi connectivity index (χ3v) is 5.56. The van der Waals surface area contributed by atoms with Crippen molar-refractivity contribution in [3.05, 3.63) is 121 Å². The first-order valence-electron chi connectivity index (χ1n) is 10.5. The Morgan fingerprint density at radius 3 is 2.47 bits per heavy atom. The van der Waals surface area contributed by atoms with Crippen LogP contribution in [-0.4, -0.2) is 9.38 Å². The number of anilines is 1. The third-order valence-electron chi connectivity index (χ3n) is 5.56. The summed E-state index contributed by atoms with van der Waals surface area (Å²) < 4.78 is 15.2. The predicted octanol–water partition coefficient (Wildman–Crippen LogP) is 7.06. The third kappa shape index (κ3) is 4.03. The molecule has 0 unspecified atom stereocenters. The second kappa shape index (κ2) is 8.52. The molecule has 3 nitrogen and oxygen atoms in total. The Morgan fingerprint density at radius 2 is 1.69 bits per heavy atom. The zero-order valence-electron chi connectivity index (χ0n) is 17.5. The number of pyridine rings is 1. The van der Waals surface area contributed by atoms with Crippen LogP contribution in [-0.2, 0) is 6.54 Å². The van der Waals surface area contributed by atoms with Gasteiger partial charge in [0.05, 0.1) is 11.9 Å². The van der Waals surface area contributed by atoms with E-state index in [1.54, 1.807) is 12.1 Å². The fourth-order valence-electron chi connectivity index (χ4n) is 3.78. The van der Waals surface area contributed by atoms with Gasteiger partial charge in [0, 0.05) is 24.0 Å². The topological polar surface area (TPSA) is 29.3 Å². The minimum absolute atomic E-state index is 0.222. The van der Waals surface area contributed by atoms with E-state index in [0.29, 0.717) is 6.54 Å². The predicted molar refractivity (Wildman–Crippen MR) is 130 cm³/mol. The highest BCUT2D eigenvalue weighted by Crippen LogP contribution is 2.27. The Hall–Kier alpha value is -4.18. The van der Waals surface area contributed by atoms with Gasteiger partial charge in [-0.05, 0) is 58.7 Å². The molecular weight excluding hydrogens is 397 g/mol. The maximum atomic E-state index is 13.1. The van der Waals surface area contributed by atoms with Crippen LogP contribution < -0.4 is 5.32 Å².